The van der Waals surface area contributed by atoms with Gasteiger partial charge in [0, 0.05) is 29.0 Å². The van der Waals surface area contributed by atoms with Crippen molar-refractivity contribution in [2.45, 2.75) is 26.4 Å². The van der Waals surface area contributed by atoms with Gasteiger partial charge in [0.25, 0.3) is 0 Å². The van der Waals surface area contributed by atoms with Crippen LogP contribution in [0.2, 0.25) is 0 Å². The molecule has 1 aliphatic heterocycles. The van der Waals surface area contributed by atoms with Gasteiger partial charge in [-0.2, -0.15) is 0 Å². The maximum Gasteiger partial charge on any atom is 0.345 e. The number of nitrogens with zero attached hydrogens (tertiary/aromatic N) is 1. The normalized spacial score (nSPS) is 15.3. The lowest BCUT2D eigenvalue weighted by molar-refractivity contribution is -0.134. The summed E-state index contributed by atoms with van der Waals surface area (Å²) in [6.45, 7) is 5.19. The van der Waals surface area contributed by atoms with Gasteiger partial charge in [-0.3, -0.25) is 4.79 Å². The number of aliphatic hydroxyl groups is 1. The first-order chi connectivity index (χ1) is 15.6. The van der Waals surface area contributed by atoms with Crippen molar-refractivity contribution in [2.75, 3.05) is 11.9 Å². The lowest BCUT2D eigenvalue weighted by Gasteiger charge is -2.18. The van der Waals surface area contributed by atoms with E-state index in [0.29, 0.717) is 22.6 Å². The van der Waals surface area contributed by atoms with E-state index in [1.165, 1.54) is 6.08 Å². The summed E-state index contributed by atoms with van der Waals surface area (Å²) in [6, 6.07) is 8.69. The van der Waals surface area contributed by atoms with Crippen LogP contribution in [-0.2, 0) is 14.3 Å². The van der Waals surface area contributed by atoms with Gasteiger partial charge in [0.05, 0.1) is 5.60 Å². The van der Waals surface area contributed by atoms with Gasteiger partial charge in [-0.25, -0.2) is 9.78 Å². The molecule has 33 heavy (non-hydrogen) atoms. The zero-order chi connectivity index (χ0) is 23.8. The van der Waals surface area contributed by atoms with E-state index < -0.39 is 22.9 Å². The lowest BCUT2D eigenvalue weighted by atomic mass is 10.1. The maximum atomic E-state index is 12.8. The molecule has 0 aliphatic carbocycles. The molecule has 0 radical (unpaired) electrons. The molecule has 9 heteroatoms. The van der Waals surface area contributed by atoms with Gasteiger partial charge in [0.1, 0.15) is 18.0 Å². The molecule has 170 valence electrons. The molecule has 0 spiro atoms. The number of hydrogen-bond donors (Lipinski definition) is 4. The second kappa shape index (κ2) is 8.44. The lowest BCUT2D eigenvalue weighted by Crippen LogP contribution is -2.27. The van der Waals surface area contributed by atoms with Crippen molar-refractivity contribution < 1.29 is 29.3 Å². The van der Waals surface area contributed by atoms with E-state index in [9.17, 15) is 19.8 Å². The SMILES string of the molecule is Cc1cc(OCC(C)(C)O)ccc1NC1=C(C(=O)O)C(=O)C(=Cc2c[nH]c3ncccc23)O1. The highest BCUT2D eigenvalue weighted by Crippen LogP contribution is 2.31. The number of rotatable bonds is 7. The van der Waals surface area contributed by atoms with E-state index in [1.54, 1.807) is 57.4 Å². The number of anilines is 1. The molecule has 1 aliphatic rings. The number of carboxylic acid groups (broad SMARTS) is 1. The van der Waals surface area contributed by atoms with Crippen molar-refractivity contribution in [1.29, 1.82) is 0 Å². The first-order valence-corrected chi connectivity index (χ1v) is 10.2. The Kier molecular flexibility index (Phi) is 5.65. The molecule has 3 heterocycles. The maximum absolute atomic E-state index is 12.8. The molecular weight excluding hydrogens is 426 g/mol. The van der Waals surface area contributed by atoms with Gasteiger partial charge < -0.3 is 30.0 Å². The standard InChI is InChI=1S/C24H23N3O6/c1-13-9-15(32-12-24(2,3)31)6-7-17(13)27-22-19(23(29)30)20(28)18(33-22)10-14-11-26-21-16(14)5-4-8-25-21/h4-11,27,31H,12H2,1-3H3,(H,25,26)(H,29,30). The molecule has 0 atom stereocenters. The summed E-state index contributed by atoms with van der Waals surface area (Å²) in [7, 11) is 0. The average Bonchev–Trinajstić information content (AvgIpc) is 3.29. The molecule has 0 saturated heterocycles. The number of benzene rings is 1. The fraction of sp³-hybridized carbons (Fsp3) is 0.208. The number of carbonyl (C=O) groups is 2. The molecule has 3 aromatic rings. The highest BCUT2D eigenvalue weighted by atomic mass is 16.5. The highest BCUT2D eigenvalue weighted by Gasteiger charge is 2.36. The molecule has 9 nitrogen and oxygen atoms in total. The van der Waals surface area contributed by atoms with Crippen LogP contribution in [0.15, 0.2) is 59.9 Å². The van der Waals surface area contributed by atoms with E-state index in [0.717, 1.165) is 10.9 Å². The molecule has 0 amide bonds. The van der Waals surface area contributed by atoms with E-state index in [2.05, 4.69) is 15.3 Å². The predicted octanol–water partition coefficient (Wildman–Crippen LogP) is 3.37. The van der Waals surface area contributed by atoms with Crippen LogP contribution in [-0.4, -0.2) is 44.1 Å². The number of fused-ring (bicyclic) bond motifs is 1. The Bertz CT molecular complexity index is 1310. The first-order valence-electron chi connectivity index (χ1n) is 10.2. The van der Waals surface area contributed by atoms with E-state index in [4.69, 9.17) is 9.47 Å². The predicted molar refractivity (Wildman–Crippen MR) is 121 cm³/mol. The molecule has 4 N–H and O–H groups in total. The number of ether oxygens (including phenoxy) is 2. The van der Waals surface area contributed by atoms with Crippen LogP contribution in [0.25, 0.3) is 17.1 Å². The third kappa shape index (κ3) is 4.73. The summed E-state index contributed by atoms with van der Waals surface area (Å²) in [5.74, 6) is -1.85. The minimum atomic E-state index is -1.39. The van der Waals surface area contributed by atoms with Crippen molar-refractivity contribution in [3.8, 4) is 5.75 Å². The third-order valence-electron chi connectivity index (χ3n) is 4.91. The van der Waals surface area contributed by atoms with Gasteiger partial charge >= 0.3 is 5.97 Å². The fourth-order valence-corrected chi connectivity index (χ4v) is 3.30. The molecule has 0 unspecified atom stereocenters. The Balaban J connectivity index is 1.59. The number of ketones is 1. The minimum absolute atomic E-state index is 0.109. The zero-order valence-electron chi connectivity index (χ0n) is 18.3. The molecule has 1 aromatic carbocycles. The quantitative estimate of drug-likeness (QED) is 0.319. The Morgan fingerprint density at radius 2 is 2.12 bits per heavy atom. The van der Waals surface area contributed by atoms with Crippen molar-refractivity contribution in [3.05, 3.63) is 71.1 Å². The minimum Gasteiger partial charge on any atom is -0.491 e. The van der Waals surface area contributed by atoms with Crippen LogP contribution in [0.5, 0.6) is 5.75 Å². The summed E-state index contributed by atoms with van der Waals surface area (Å²) in [6.07, 6.45) is 4.80. The average molecular weight is 449 g/mol. The van der Waals surface area contributed by atoms with Crippen LogP contribution < -0.4 is 10.1 Å². The Morgan fingerprint density at radius 3 is 2.82 bits per heavy atom. The topological polar surface area (TPSA) is 134 Å². The number of allylic oxidation sites excluding steroid dienone is 1. The molecule has 4 rings (SSSR count). The first kappa shape index (κ1) is 22.1. The number of aromatic nitrogens is 2. The summed E-state index contributed by atoms with van der Waals surface area (Å²) < 4.78 is 11.2. The number of pyridine rings is 1. The van der Waals surface area contributed by atoms with E-state index >= 15 is 0 Å². The summed E-state index contributed by atoms with van der Waals surface area (Å²) in [5.41, 5.74) is 1.11. The van der Waals surface area contributed by atoms with E-state index in [1.807, 2.05) is 6.07 Å². The number of aryl methyl sites for hydroxylation is 1. The molecular formula is C24H23N3O6. The smallest absolute Gasteiger partial charge is 0.345 e. The second-order valence-electron chi connectivity index (χ2n) is 8.30. The second-order valence-corrected chi connectivity index (χ2v) is 8.30. The number of aromatic amines is 1. The number of H-pyrrole nitrogens is 1. The number of aliphatic carboxylic acids is 1. The van der Waals surface area contributed by atoms with Crippen molar-refractivity contribution >= 4 is 34.5 Å². The van der Waals surface area contributed by atoms with Crippen LogP contribution in [0.4, 0.5) is 5.69 Å². The Labute approximate surface area is 189 Å². The van der Waals surface area contributed by atoms with Crippen molar-refractivity contribution in [1.82, 2.24) is 9.97 Å². The van der Waals surface area contributed by atoms with Gasteiger partial charge in [-0.15, -0.1) is 0 Å². The van der Waals surface area contributed by atoms with Gasteiger partial charge in [-0.05, 0) is 62.7 Å². The van der Waals surface area contributed by atoms with Crippen LogP contribution in [0.3, 0.4) is 0 Å². The number of carbonyl (C=O) groups excluding carboxylic acids is 1. The summed E-state index contributed by atoms with van der Waals surface area (Å²) in [5, 5.41) is 23.1. The van der Waals surface area contributed by atoms with Gasteiger partial charge in [0.2, 0.25) is 11.7 Å². The summed E-state index contributed by atoms with van der Waals surface area (Å²) >= 11 is 0. The highest BCUT2D eigenvalue weighted by molar-refractivity contribution is 6.26. The Morgan fingerprint density at radius 1 is 1.33 bits per heavy atom. The number of hydrogen-bond acceptors (Lipinski definition) is 7. The number of Topliss-reactive ketones (excluding diaryl/α,β-unsaturated/α-hetero) is 1. The summed E-state index contributed by atoms with van der Waals surface area (Å²) in [4.78, 5) is 31.8. The molecule has 0 fully saturated rings. The largest absolute Gasteiger partial charge is 0.491 e. The molecule has 2 aromatic heterocycles. The Hall–Kier alpha value is -4.11. The monoisotopic (exact) mass is 449 g/mol. The third-order valence-corrected chi connectivity index (χ3v) is 4.91. The van der Waals surface area contributed by atoms with Crippen LogP contribution in [0.1, 0.15) is 25.0 Å². The van der Waals surface area contributed by atoms with Crippen molar-refractivity contribution in [3.63, 3.8) is 0 Å². The zero-order valence-corrected chi connectivity index (χ0v) is 18.3. The fourth-order valence-electron chi connectivity index (χ4n) is 3.30. The molecule has 0 bridgehead atoms. The van der Waals surface area contributed by atoms with Crippen molar-refractivity contribution in [2.24, 2.45) is 0 Å². The van der Waals surface area contributed by atoms with Crippen LogP contribution >= 0.6 is 0 Å². The molecule has 0 saturated carbocycles. The van der Waals surface area contributed by atoms with Crippen LogP contribution in [0, 0.1) is 6.92 Å². The van der Waals surface area contributed by atoms with E-state index in [-0.39, 0.29) is 18.2 Å². The van der Waals surface area contributed by atoms with Gasteiger partial charge in [-0.1, -0.05) is 0 Å². The number of nitrogens with one attached hydrogen (secondary N) is 2. The van der Waals surface area contributed by atoms with Gasteiger partial charge in [0.15, 0.2) is 11.3 Å². The number of carboxylic acids is 1.